The van der Waals surface area contributed by atoms with Crippen molar-refractivity contribution in [1.29, 1.82) is 0 Å². The maximum Gasteiger partial charge on any atom is 0.128 e. The van der Waals surface area contributed by atoms with Crippen LogP contribution in [0.5, 0.6) is 11.5 Å². The molecule has 44 heavy (non-hydrogen) atoms. The third-order valence-corrected chi connectivity index (χ3v) is 9.29. The zero-order valence-electron chi connectivity index (χ0n) is 23.5. The molecule has 5 heteroatoms. The molecule has 3 heterocycles. The number of halogens is 1. The minimum absolute atomic E-state index is 0.270. The summed E-state index contributed by atoms with van der Waals surface area (Å²) in [6.45, 7) is 0. The molecule has 2 aromatic heterocycles. The van der Waals surface area contributed by atoms with Gasteiger partial charge < -0.3 is 4.74 Å². The Labute approximate surface area is 259 Å². The van der Waals surface area contributed by atoms with E-state index in [1.54, 1.807) is 17.8 Å². The fourth-order valence-corrected chi connectivity index (χ4v) is 7.41. The lowest BCUT2D eigenvalue weighted by Gasteiger charge is -2.40. The fraction of sp³-hybridized carbons (Fsp3) is 0.0256. The molecule has 0 saturated carbocycles. The molecule has 0 atom stereocenters. The van der Waals surface area contributed by atoms with Gasteiger partial charge in [-0.3, -0.25) is 4.98 Å². The van der Waals surface area contributed by atoms with Crippen LogP contribution < -0.4 is 4.74 Å². The molecule has 210 valence electrons. The van der Waals surface area contributed by atoms with Crippen molar-refractivity contribution < 1.29 is 9.13 Å². The molecule has 3 nitrogen and oxygen atoms in total. The van der Waals surface area contributed by atoms with Gasteiger partial charge in [0.25, 0.3) is 0 Å². The van der Waals surface area contributed by atoms with E-state index in [1.165, 1.54) is 33.1 Å². The summed E-state index contributed by atoms with van der Waals surface area (Å²) in [5.74, 6) is 1.16. The SMILES string of the molecule is Fc1ccc2nc(-c3cccc(Oc4cccc(C5(c6ccccn6)c6ccccc6Sc6ccccc65)c4)c3)ccc2c1. The molecular weight excluding hydrogens is 564 g/mol. The van der Waals surface area contributed by atoms with E-state index < -0.39 is 5.41 Å². The molecule has 0 N–H and O–H groups in total. The van der Waals surface area contributed by atoms with Crippen LogP contribution in [0.2, 0.25) is 0 Å². The lowest BCUT2D eigenvalue weighted by Crippen LogP contribution is -2.34. The van der Waals surface area contributed by atoms with Gasteiger partial charge in [0.1, 0.15) is 17.3 Å². The highest BCUT2D eigenvalue weighted by atomic mass is 32.2. The molecule has 7 aromatic rings. The van der Waals surface area contributed by atoms with Crippen molar-refractivity contribution in [2.75, 3.05) is 0 Å². The van der Waals surface area contributed by atoms with Crippen LogP contribution in [-0.2, 0) is 5.41 Å². The summed E-state index contributed by atoms with van der Waals surface area (Å²) in [7, 11) is 0. The summed E-state index contributed by atoms with van der Waals surface area (Å²) < 4.78 is 20.2. The summed E-state index contributed by atoms with van der Waals surface area (Å²) in [4.78, 5) is 12.1. The second kappa shape index (κ2) is 10.8. The van der Waals surface area contributed by atoms with E-state index in [4.69, 9.17) is 14.7 Å². The van der Waals surface area contributed by atoms with Gasteiger partial charge in [0.2, 0.25) is 0 Å². The number of rotatable bonds is 5. The zero-order chi connectivity index (χ0) is 29.5. The van der Waals surface area contributed by atoms with Gasteiger partial charge in [-0.25, -0.2) is 9.37 Å². The first-order valence-corrected chi connectivity index (χ1v) is 15.2. The molecule has 0 amide bonds. The van der Waals surface area contributed by atoms with Crippen LogP contribution in [0.1, 0.15) is 22.4 Å². The van der Waals surface area contributed by atoms with E-state index in [-0.39, 0.29) is 5.82 Å². The molecule has 1 aliphatic rings. The number of pyridine rings is 2. The van der Waals surface area contributed by atoms with E-state index in [0.29, 0.717) is 5.75 Å². The second-order valence-electron chi connectivity index (χ2n) is 10.8. The van der Waals surface area contributed by atoms with E-state index in [2.05, 4.69) is 78.9 Å². The maximum absolute atomic E-state index is 13.7. The lowest BCUT2D eigenvalue weighted by atomic mass is 9.66. The van der Waals surface area contributed by atoms with Crippen molar-refractivity contribution in [3.8, 4) is 22.8 Å². The van der Waals surface area contributed by atoms with Gasteiger partial charge in [0.05, 0.1) is 22.3 Å². The largest absolute Gasteiger partial charge is 0.457 e. The Balaban J connectivity index is 1.23. The second-order valence-corrected chi connectivity index (χ2v) is 11.8. The minimum Gasteiger partial charge on any atom is -0.457 e. The number of hydrogen-bond donors (Lipinski definition) is 0. The average molecular weight is 589 g/mol. The number of fused-ring (bicyclic) bond motifs is 3. The molecule has 8 rings (SSSR count). The summed E-state index contributed by atoms with van der Waals surface area (Å²) in [6.07, 6.45) is 1.87. The van der Waals surface area contributed by atoms with Crippen LogP contribution >= 0.6 is 11.8 Å². The molecule has 0 aliphatic carbocycles. The van der Waals surface area contributed by atoms with Crippen molar-refractivity contribution >= 4 is 22.7 Å². The summed E-state index contributed by atoms with van der Waals surface area (Å²) in [6, 6.07) is 48.0. The topological polar surface area (TPSA) is 35.0 Å². The molecule has 5 aromatic carbocycles. The van der Waals surface area contributed by atoms with Crippen LogP contribution in [0.3, 0.4) is 0 Å². The Kier molecular flexibility index (Phi) is 6.46. The van der Waals surface area contributed by atoms with Crippen LogP contribution in [0.4, 0.5) is 4.39 Å². The van der Waals surface area contributed by atoms with E-state index in [9.17, 15) is 4.39 Å². The van der Waals surface area contributed by atoms with Gasteiger partial charge in [0.15, 0.2) is 0 Å². The van der Waals surface area contributed by atoms with E-state index >= 15 is 0 Å². The van der Waals surface area contributed by atoms with Crippen LogP contribution in [-0.4, -0.2) is 9.97 Å². The van der Waals surface area contributed by atoms with E-state index in [1.807, 2.05) is 54.7 Å². The molecule has 0 unspecified atom stereocenters. The highest BCUT2D eigenvalue weighted by Gasteiger charge is 2.45. The first-order valence-electron chi connectivity index (χ1n) is 14.4. The average Bonchev–Trinajstić information content (AvgIpc) is 3.07. The van der Waals surface area contributed by atoms with Gasteiger partial charge in [-0.2, -0.15) is 0 Å². The highest BCUT2D eigenvalue weighted by Crippen LogP contribution is 2.55. The Morgan fingerprint density at radius 3 is 2.11 bits per heavy atom. The number of ether oxygens (including phenoxy) is 1. The molecule has 0 radical (unpaired) electrons. The summed E-state index contributed by atoms with van der Waals surface area (Å²) in [5, 5.41) is 0.768. The van der Waals surface area contributed by atoms with Crippen molar-refractivity contribution in [3.63, 3.8) is 0 Å². The quantitative estimate of drug-likeness (QED) is 0.200. The smallest absolute Gasteiger partial charge is 0.128 e. The Morgan fingerprint density at radius 2 is 1.34 bits per heavy atom. The van der Waals surface area contributed by atoms with Gasteiger partial charge in [-0.1, -0.05) is 84.6 Å². The predicted octanol–water partition coefficient (Wildman–Crippen LogP) is 10.1. The zero-order valence-corrected chi connectivity index (χ0v) is 24.3. The standard InChI is InChI=1S/C39H25FN2OS/c40-29-19-21-35-27(23-29)18-20-34(42-35)26-9-7-11-30(24-26)43-31-12-8-10-28(25-31)39(38-17-5-6-22-41-38)32-13-1-3-15-36(32)44-37-16-4-2-14-33(37)39/h1-25H. The number of nitrogens with zero attached hydrogens (tertiary/aromatic N) is 2. The van der Waals surface area contributed by atoms with Crippen molar-refractivity contribution in [3.05, 3.63) is 180 Å². The highest BCUT2D eigenvalue weighted by molar-refractivity contribution is 7.99. The van der Waals surface area contributed by atoms with Crippen molar-refractivity contribution in [2.24, 2.45) is 0 Å². The summed E-state index contributed by atoms with van der Waals surface area (Å²) in [5.41, 5.74) is 6.26. The molecular formula is C39H25FN2OS. The Hall–Kier alpha value is -5.26. The third kappa shape index (κ3) is 4.45. The number of benzene rings is 5. The van der Waals surface area contributed by atoms with Gasteiger partial charge in [-0.15, -0.1) is 0 Å². The monoisotopic (exact) mass is 588 g/mol. The normalized spacial score (nSPS) is 13.2. The van der Waals surface area contributed by atoms with Gasteiger partial charge in [-0.05, 0) is 89.5 Å². The molecule has 1 aliphatic heterocycles. The van der Waals surface area contributed by atoms with Crippen LogP contribution in [0.15, 0.2) is 162 Å². The molecule has 0 spiro atoms. The first-order chi connectivity index (χ1) is 21.7. The van der Waals surface area contributed by atoms with Crippen LogP contribution in [0, 0.1) is 5.82 Å². The van der Waals surface area contributed by atoms with Crippen molar-refractivity contribution in [2.45, 2.75) is 15.2 Å². The van der Waals surface area contributed by atoms with Crippen LogP contribution in [0.25, 0.3) is 22.2 Å². The first kappa shape index (κ1) is 26.4. The predicted molar refractivity (Wildman–Crippen MR) is 174 cm³/mol. The maximum atomic E-state index is 13.7. The number of hydrogen-bond acceptors (Lipinski definition) is 4. The Bertz CT molecular complexity index is 2120. The van der Waals surface area contributed by atoms with E-state index in [0.717, 1.165) is 39.2 Å². The summed E-state index contributed by atoms with van der Waals surface area (Å²) >= 11 is 1.80. The van der Waals surface area contributed by atoms with Crippen molar-refractivity contribution in [1.82, 2.24) is 9.97 Å². The minimum atomic E-state index is -0.630. The van der Waals surface area contributed by atoms with Gasteiger partial charge in [0, 0.05) is 26.9 Å². The number of aromatic nitrogens is 2. The molecule has 0 fully saturated rings. The molecule has 0 bridgehead atoms. The molecule has 0 saturated heterocycles. The fourth-order valence-electron chi connectivity index (χ4n) is 6.22. The lowest BCUT2D eigenvalue weighted by molar-refractivity contribution is 0.481. The third-order valence-electron chi connectivity index (χ3n) is 8.13. The Morgan fingerprint density at radius 1 is 0.614 bits per heavy atom. The van der Waals surface area contributed by atoms with Gasteiger partial charge >= 0.3 is 0 Å².